The van der Waals surface area contributed by atoms with E-state index in [0.717, 1.165) is 12.3 Å². The molecule has 1 aromatic heterocycles. The SMILES string of the molecule is CCNCC(C)C(=O)N(CCC#N)Cc1ccco1. The molecule has 0 bridgehead atoms. The molecule has 1 atom stereocenters. The first-order valence-electron chi connectivity index (χ1n) is 6.57. The molecule has 19 heavy (non-hydrogen) atoms. The predicted octanol–water partition coefficient (Wildman–Crippen LogP) is 1.77. The molecule has 0 aliphatic carbocycles. The van der Waals surface area contributed by atoms with Gasteiger partial charge in [0.1, 0.15) is 5.76 Å². The van der Waals surface area contributed by atoms with Gasteiger partial charge in [-0.25, -0.2) is 0 Å². The Bertz CT molecular complexity index is 409. The van der Waals surface area contributed by atoms with Gasteiger partial charge in [-0.3, -0.25) is 4.79 Å². The molecule has 0 aromatic carbocycles. The summed E-state index contributed by atoms with van der Waals surface area (Å²) in [5.74, 6) is 0.683. The zero-order chi connectivity index (χ0) is 14.1. The van der Waals surface area contributed by atoms with Gasteiger partial charge in [0.05, 0.1) is 25.3 Å². The summed E-state index contributed by atoms with van der Waals surface area (Å²) in [6, 6.07) is 5.71. The lowest BCUT2D eigenvalue weighted by molar-refractivity contribution is -0.135. The number of carbonyl (C=O) groups is 1. The lowest BCUT2D eigenvalue weighted by Gasteiger charge is -2.24. The highest BCUT2D eigenvalue weighted by molar-refractivity contribution is 5.78. The Morgan fingerprint density at radius 3 is 3.00 bits per heavy atom. The average molecular weight is 263 g/mol. The summed E-state index contributed by atoms with van der Waals surface area (Å²) in [5, 5.41) is 11.8. The molecule has 0 aliphatic heterocycles. The maximum absolute atomic E-state index is 12.3. The van der Waals surface area contributed by atoms with Crippen LogP contribution in [0.25, 0.3) is 0 Å². The molecule has 0 saturated carbocycles. The van der Waals surface area contributed by atoms with Crippen molar-refractivity contribution in [2.75, 3.05) is 19.6 Å². The molecule has 104 valence electrons. The second-order valence-electron chi connectivity index (χ2n) is 4.46. The summed E-state index contributed by atoms with van der Waals surface area (Å²) in [6.45, 7) is 6.25. The number of nitrogens with one attached hydrogen (secondary N) is 1. The monoisotopic (exact) mass is 263 g/mol. The molecule has 0 radical (unpaired) electrons. The molecule has 1 heterocycles. The van der Waals surface area contributed by atoms with Crippen LogP contribution in [0.1, 0.15) is 26.0 Å². The number of carbonyl (C=O) groups excluding carboxylic acids is 1. The van der Waals surface area contributed by atoms with Crippen LogP contribution in [0.2, 0.25) is 0 Å². The zero-order valence-electron chi connectivity index (χ0n) is 11.6. The quantitative estimate of drug-likeness (QED) is 0.776. The maximum Gasteiger partial charge on any atom is 0.227 e. The van der Waals surface area contributed by atoms with Crippen LogP contribution < -0.4 is 5.32 Å². The van der Waals surface area contributed by atoms with Crippen molar-refractivity contribution in [1.29, 1.82) is 5.26 Å². The lowest BCUT2D eigenvalue weighted by Crippen LogP contribution is -2.39. The topological polar surface area (TPSA) is 69.3 Å². The largest absolute Gasteiger partial charge is 0.467 e. The molecular formula is C14H21N3O2. The first-order chi connectivity index (χ1) is 9.19. The molecule has 1 N–H and O–H groups in total. The number of hydrogen-bond donors (Lipinski definition) is 1. The van der Waals surface area contributed by atoms with Crippen molar-refractivity contribution in [3.63, 3.8) is 0 Å². The first-order valence-corrected chi connectivity index (χ1v) is 6.57. The number of nitriles is 1. The van der Waals surface area contributed by atoms with Gasteiger partial charge in [-0.2, -0.15) is 5.26 Å². The second kappa shape index (κ2) is 8.33. The van der Waals surface area contributed by atoms with Gasteiger partial charge in [0, 0.05) is 19.0 Å². The molecule has 1 amide bonds. The van der Waals surface area contributed by atoms with Crippen molar-refractivity contribution in [3.05, 3.63) is 24.2 Å². The van der Waals surface area contributed by atoms with Gasteiger partial charge in [-0.05, 0) is 18.7 Å². The smallest absolute Gasteiger partial charge is 0.227 e. The van der Waals surface area contributed by atoms with Crippen LogP contribution in [-0.4, -0.2) is 30.4 Å². The zero-order valence-corrected chi connectivity index (χ0v) is 11.6. The minimum atomic E-state index is -0.103. The summed E-state index contributed by atoms with van der Waals surface area (Å²) in [4.78, 5) is 14.0. The summed E-state index contributed by atoms with van der Waals surface area (Å²) >= 11 is 0. The van der Waals surface area contributed by atoms with Crippen molar-refractivity contribution in [3.8, 4) is 6.07 Å². The van der Waals surface area contributed by atoms with Crippen LogP contribution in [-0.2, 0) is 11.3 Å². The third kappa shape index (κ3) is 5.14. The summed E-state index contributed by atoms with van der Waals surface area (Å²) in [7, 11) is 0. The molecule has 1 unspecified atom stereocenters. The number of rotatable bonds is 8. The highest BCUT2D eigenvalue weighted by Crippen LogP contribution is 2.10. The van der Waals surface area contributed by atoms with E-state index >= 15 is 0 Å². The number of nitrogens with zero attached hydrogens (tertiary/aromatic N) is 2. The molecule has 0 aliphatic rings. The van der Waals surface area contributed by atoms with Crippen LogP contribution in [0.15, 0.2) is 22.8 Å². The Balaban J connectivity index is 2.61. The van der Waals surface area contributed by atoms with E-state index < -0.39 is 0 Å². The van der Waals surface area contributed by atoms with Gasteiger partial charge in [0.2, 0.25) is 5.91 Å². The van der Waals surface area contributed by atoms with E-state index in [-0.39, 0.29) is 11.8 Å². The summed E-state index contributed by atoms with van der Waals surface area (Å²) < 4.78 is 5.26. The molecule has 5 nitrogen and oxygen atoms in total. The minimum absolute atomic E-state index is 0.0487. The summed E-state index contributed by atoms with van der Waals surface area (Å²) in [5.41, 5.74) is 0. The van der Waals surface area contributed by atoms with Gasteiger partial charge in [-0.1, -0.05) is 13.8 Å². The Kier molecular flexibility index (Phi) is 6.69. The van der Waals surface area contributed by atoms with Gasteiger partial charge >= 0.3 is 0 Å². The second-order valence-corrected chi connectivity index (χ2v) is 4.46. The molecule has 5 heteroatoms. The van der Waals surface area contributed by atoms with Crippen molar-refractivity contribution in [2.24, 2.45) is 5.92 Å². The minimum Gasteiger partial charge on any atom is -0.467 e. The average Bonchev–Trinajstić information content (AvgIpc) is 2.92. The fraction of sp³-hybridized carbons (Fsp3) is 0.571. The Hall–Kier alpha value is -1.80. The van der Waals surface area contributed by atoms with Gasteiger partial charge in [0.15, 0.2) is 0 Å². The van der Waals surface area contributed by atoms with Gasteiger partial charge < -0.3 is 14.6 Å². The molecule has 1 aromatic rings. The first kappa shape index (κ1) is 15.3. The van der Waals surface area contributed by atoms with E-state index in [1.54, 1.807) is 17.2 Å². The Morgan fingerprint density at radius 2 is 2.42 bits per heavy atom. The van der Waals surface area contributed by atoms with E-state index in [4.69, 9.17) is 9.68 Å². The standard InChI is InChI=1S/C14H21N3O2/c1-3-16-10-12(2)14(18)17(8-5-7-15)11-13-6-4-9-19-13/h4,6,9,12,16H,3,5,8,10-11H2,1-2H3. The number of furan rings is 1. The van der Waals surface area contributed by atoms with Gasteiger partial charge in [-0.15, -0.1) is 0 Å². The molecular weight excluding hydrogens is 242 g/mol. The van der Waals surface area contributed by atoms with Crippen molar-refractivity contribution in [1.82, 2.24) is 10.2 Å². The van der Waals surface area contributed by atoms with Crippen molar-refractivity contribution < 1.29 is 9.21 Å². The van der Waals surface area contributed by atoms with Crippen LogP contribution >= 0.6 is 0 Å². The van der Waals surface area contributed by atoms with Crippen LogP contribution in [0, 0.1) is 17.2 Å². The van der Waals surface area contributed by atoms with Crippen LogP contribution in [0.3, 0.4) is 0 Å². The molecule has 0 fully saturated rings. The van der Waals surface area contributed by atoms with Crippen LogP contribution in [0.5, 0.6) is 0 Å². The fourth-order valence-electron chi connectivity index (χ4n) is 1.80. The number of amides is 1. The van der Waals surface area contributed by atoms with E-state index in [1.165, 1.54) is 0 Å². The van der Waals surface area contributed by atoms with E-state index in [1.807, 2.05) is 19.9 Å². The highest BCUT2D eigenvalue weighted by atomic mass is 16.3. The third-order valence-electron chi connectivity index (χ3n) is 2.85. The molecule has 0 saturated heterocycles. The van der Waals surface area contributed by atoms with Crippen molar-refractivity contribution >= 4 is 5.91 Å². The van der Waals surface area contributed by atoms with Gasteiger partial charge in [0.25, 0.3) is 0 Å². The van der Waals surface area contributed by atoms with Crippen molar-refractivity contribution in [2.45, 2.75) is 26.8 Å². The van der Waals surface area contributed by atoms with E-state index in [9.17, 15) is 4.79 Å². The number of hydrogen-bond acceptors (Lipinski definition) is 4. The Morgan fingerprint density at radius 1 is 1.63 bits per heavy atom. The van der Waals surface area contributed by atoms with Crippen LogP contribution in [0.4, 0.5) is 0 Å². The lowest BCUT2D eigenvalue weighted by atomic mass is 10.1. The molecule has 1 rings (SSSR count). The molecule has 0 spiro atoms. The highest BCUT2D eigenvalue weighted by Gasteiger charge is 2.20. The maximum atomic E-state index is 12.3. The Labute approximate surface area is 114 Å². The summed E-state index contributed by atoms with van der Waals surface area (Å²) in [6.07, 6.45) is 1.92. The fourth-order valence-corrected chi connectivity index (χ4v) is 1.80. The third-order valence-corrected chi connectivity index (χ3v) is 2.85. The van der Waals surface area contributed by atoms with E-state index in [0.29, 0.717) is 26.1 Å². The van der Waals surface area contributed by atoms with E-state index in [2.05, 4.69) is 11.4 Å². The normalized spacial score (nSPS) is 11.8. The predicted molar refractivity (Wildman–Crippen MR) is 72.1 cm³/mol.